The summed E-state index contributed by atoms with van der Waals surface area (Å²) in [5.41, 5.74) is 0.541. The highest BCUT2D eigenvalue weighted by molar-refractivity contribution is 7.92. The van der Waals surface area contributed by atoms with Gasteiger partial charge < -0.3 is 10.1 Å². The van der Waals surface area contributed by atoms with Crippen molar-refractivity contribution in [2.75, 3.05) is 18.2 Å². The van der Waals surface area contributed by atoms with E-state index in [1.165, 1.54) is 6.92 Å². The molecule has 18 heavy (non-hydrogen) atoms. The molecule has 0 fully saturated rings. The van der Waals surface area contributed by atoms with Gasteiger partial charge in [0.15, 0.2) is 9.84 Å². The van der Waals surface area contributed by atoms with Crippen LogP contribution in [0.2, 0.25) is 0 Å². The molecule has 0 aliphatic rings. The highest BCUT2D eigenvalue weighted by Gasteiger charge is 2.23. The minimum Gasteiger partial charge on any atom is -0.494 e. The smallest absolute Gasteiger partial charge is 0.242 e. The molecular formula is C12H17NO4S. The Morgan fingerprint density at radius 2 is 1.89 bits per heavy atom. The second kappa shape index (κ2) is 5.86. The number of benzene rings is 1. The minimum atomic E-state index is -3.38. The van der Waals surface area contributed by atoms with E-state index in [2.05, 4.69) is 5.32 Å². The van der Waals surface area contributed by atoms with Gasteiger partial charge in [-0.15, -0.1) is 0 Å². The first-order chi connectivity index (χ1) is 8.34. The minimum absolute atomic E-state index is 0.540. The van der Waals surface area contributed by atoms with Gasteiger partial charge in [-0.2, -0.15) is 0 Å². The average molecular weight is 271 g/mol. The van der Waals surface area contributed by atoms with E-state index in [4.69, 9.17) is 4.74 Å². The van der Waals surface area contributed by atoms with E-state index in [1.807, 2.05) is 6.92 Å². The van der Waals surface area contributed by atoms with Crippen molar-refractivity contribution >= 4 is 21.4 Å². The highest BCUT2D eigenvalue weighted by atomic mass is 32.2. The third-order valence-electron chi connectivity index (χ3n) is 2.44. The van der Waals surface area contributed by atoms with Gasteiger partial charge in [-0.05, 0) is 38.1 Å². The Labute approximate surface area is 107 Å². The number of ether oxygens (including phenoxy) is 1. The number of nitrogens with one attached hydrogen (secondary N) is 1. The second-order valence-corrected chi connectivity index (χ2v) is 6.28. The molecule has 0 spiro atoms. The van der Waals surface area contributed by atoms with Crippen molar-refractivity contribution in [3.63, 3.8) is 0 Å². The molecule has 1 N–H and O–H groups in total. The number of anilines is 1. The van der Waals surface area contributed by atoms with E-state index in [9.17, 15) is 13.2 Å². The monoisotopic (exact) mass is 271 g/mol. The molecule has 0 aliphatic heterocycles. The van der Waals surface area contributed by atoms with Gasteiger partial charge in [0, 0.05) is 11.9 Å². The normalized spacial score (nSPS) is 12.8. The zero-order valence-electron chi connectivity index (χ0n) is 10.6. The Morgan fingerprint density at radius 1 is 1.33 bits per heavy atom. The quantitative estimate of drug-likeness (QED) is 0.880. The molecular weight excluding hydrogens is 254 g/mol. The van der Waals surface area contributed by atoms with Crippen LogP contribution < -0.4 is 10.1 Å². The summed E-state index contributed by atoms with van der Waals surface area (Å²) < 4.78 is 27.7. The fourth-order valence-electron chi connectivity index (χ4n) is 1.24. The summed E-state index contributed by atoms with van der Waals surface area (Å²) in [5.74, 6) is 0.160. The van der Waals surface area contributed by atoms with Crippen molar-refractivity contribution < 1.29 is 17.9 Å². The maximum atomic E-state index is 11.6. The molecule has 1 amide bonds. The van der Waals surface area contributed by atoms with Gasteiger partial charge in [0.25, 0.3) is 0 Å². The first-order valence-corrected chi connectivity index (χ1v) is 7.52. The maximum absolute atomic E-state index is 11.6. The molecule has 0 heterocycles. The molecule has 100 valence electrons. The van der Waals surface area contributed by atoms with Crippen LogP contribution in [-0.2, 0) is 14.6 Å². The van der Waals surface area contributed by atoms with E-state index in [0.29, 0.717) is 18.0 Å². The predicted octanol–water partition coefficient (Wildman–Crippen LogP) is 1.46. The first kappa shape index (κ1) is 14.5. The average Bonchev–Trinajstić information content (AvgIpc) is 2.30. The molecule has 0 bridgehead atoms. The van der Waals surface area contributed by atoms with Gasteiger partial charge in [0.1, 0.15) is 11.0 Å². The lowest BCUT2D eigenvalue weighted by molar-refractivity contribution is -0.115. The third-order valence-corrected chi connectivity index (χ3v) is 3.94. The van der Waals surface area contributed by atoms with Crippen molar-refractivity contribution in [1.82, 2.24) is 0 Å². The standard InChI is InChI=1S/C12H17NO4S/c1-4-17-11-7-5-10(6-8-11)13-12(14)9(2)18(3,15)16/h5-9H,4H2,1-3H3,(H,13,14)/t9-/m0/s1. The summed E-state index contributed by atoms with van der Waals surface area (Å²) in [6.45, 7) is 3.81. The van der Waals surface area contributed by atoms with Crippen molar-refractivity contribution in [1.29, 1.82) is 0 Å². The zero-order valence-corrected chi connectivity index (χ0v) is 11.5. The summed E-state index contributed by atoms with van der Waals surface area (Å²) in [7, 11) is -3.38. The first-order valence-electron chi connectivity index (χ1n) is 5.57. The van der Waals surface area contributed by atoms with Crippen molar-refractivity contribution in [3.05, 3.63) is 24.3 Å². The lowest BCUT2D eigenvalue weighted by Gasteiger charge is -2.11. The van der Waals surface area contributed by atoms with Gasteiger partial charge in [0.2, 0.25) is 5.91 Å². The highest BCUT2D eigenvalue weighted by Crippen LogP contribution is 2.16. The van der Waals surface area contributed by atoms with Crippen LogP contribution in [0.5, 0.6) is 5.75 Å². The zero-order chi connectivity index (χ0) is 13.8. The molecule has 0 aromatic heterocycles. The van der Waals surface area contributed by atoms with Gasteiger partial charge >= 0.3 is 0 Å². The number of carbonyl (C=O) groups is 1. The Balaban J connectivity index is 2.71. The van der Waals surface area contributed by atoms with Crippen molar-refractivity contribution in [3.8, 4) is 5.75 Å². The number of sulfone groups is 1. The fourth-order valence-corrected chi connectivity index (χ4v) is 1.69. The molecule has 1 rings (SSSR count). The van der Waals surface area contributed by atoms with E-state index in [0.717, 1.165) is 6.26 Å². The summed E-state index contributed by atoms with van der Waals surface area (Å²) in [6, 6.07) is 6.75. The Hall–Kier alpha value is -1.56. The molecule has 0 aliphatic carbocycles. The molecule has 0 radical (unpaired) electrons. The number of amides is 1. The van der Waals surface area contributed by atoms with Crippen molar-refractivity contribution in [2.24, 2.45) is 0 Å². The maximum Gasteiger partial charge on any atom is 0.242 e. The van der Waals surface area contributed by atoms with Crippen LogP contribution >= 0.6 is 0 Å². The number of carbonyl (C=O) groups excluding carboxylic acids is 1. The number of rotatable bonds is 5. The summed E-state index contributed by atoms with van der Waals surface area (Å²) in [5, 5.41) is 1.48. The Kier molecular flexibility index (Phi) is 4.72. The predicted molar refractivity (Wildman–Crippen MR) is 70.5 cm³/mol. The Morgan fingerprint density at radius 3 is 2.33 bits per heavy atom. The number of hydrogen-bond donors (Lipinski definition) is 1. The fraction of sp³-hybridized carbons (Fsp3) is 0.417. The van der Waals surface area contributed by atoms with Crippen LogP contribution in [0.1, 0.15) is 13.8 Å². The van der Waals surface area contributed by atoms with Crippen LogP contribution in [0.25, 0.3) is 0 Å². The van der Waals surface area contributed by atoms with Crippen LogP contribution in [-0.4, -0.2) is 32.4 Å². The molecule has 6 heteroatoms. The van der Waals surface area contributed by atoms with Crippen LogP contribution in [0.4, 0.5) is 5.69 Å². The van der Waals surface area contributed by atoms with E-state index < -0.39 is 21.0 Å². The van der Waals surface area contributed by atoms with Crippen LogP contribution in [0.3, 0.4) is 0 Å². The molecule has 1 aromatic carbocycles. The summed E-state index contributed by atoms with van der Waals surface area (Å²) in [6.07, 6.45) is 1.04. The lowest BCUT2D eigenvalue weighted by Crippen LogP contribution is -2.31. The van der Waals surface area contributed by atoms with E-state index in [1.54, 1.807) is 24.3 Å². The molecule has 5 nitrogen and oxygen atoms in total. The van der Waals surface area contributed by atoms with Gasteiger partial charge in [0.05, 0.1) is 6.61 Å². The Bertz CT molecular complexity index is 507. The van der Waals surface area contributed by atoms with Gasteiger partial charge in [-0.25, -0.2) is 8.42 Å². The summed E-state index contributed by atoms with van der Waals surface area (Å²) >= 11 is 0. The van der Waals surface area contributed by atoms with E-state index >= 15 is 0 Å². The van der Waals surface area contributed by atoms with Gasteiger partial charge in [-0.1, -0.05) is 0 Å². The van der Waals surface area contributed by atoms with Crippen LogP contribution in [0, 0.1) is 0 Å². The van der Waals surface area contributed by atoms with E-state index in [-0.39, 0.29) is 0 Å². The van der Waals surface area contributed by atoms with Crippen molar-refractivity contribution in [2.45, 2.75) is 19.1 Å². The topological polar surface area (TPSA) is 72.5 Å². The van der Waals surface area contributed by atoms with Gasteiger partial charge in [-0.3, -0.25) is 4.79 Å². The molecule has 0 saturated heterocycles. The molecule has 1 aromatic rings. The summed E-state index contributed by atoms with van der Waals surface area (Å²) in [4.78, 5) is 11.6. The molecule has 1 atom stereocenters. The lowest BCUT2D eigenvalue weighted by atomic mass is 10.3. The largest absolute Gasteiger partial charge is 0.494 e. The SMILES string of the molecule is CCOc1ccc(NC(=O)[C@H](C)S(C)(=O)=O)cc1. The molecule has 0 saturated carbocycles. The van der Waals surface area contributed by atoms with Crippen LogP contribution in [0.15, 0.2) is 24.3 Å². The molecule has 0 unspecified atom stereocenters. The number of hydrogen-bond acceptors (Lipinski definition) is 4. The third kappa shape index (κ3) is 4.03. The second-order valence-electron chi connectivity index (χ2n) is 3.92.